The van der Waals surface area contributed by atoms with E-state index in [-0.39, 0.29) is 23.6 Å². The van der Waals surface area contributed by atoms with Crippen LogP contribution in [0, 0.1) is 5.82 Å². The molecule has 0 radical (unpaired) electrons. The average molecular weight is 494 g/mol. The summed E-state index contributed by atoms with van der Waals surface area (Å²) < 4.78 is 25.6. The number of nitrogens with zero attached hydrogens (tertiary/aromatic N) is 1. The molecule has 0 unspecified atom stereocenters. The predicted octanol–water partition coefficient (Wildman–Crippen LogP) is 6.01. The van der Waals surface area contributed by atoms with E-state index < -0.39 is 0 Å². The van der Waals surface area contributed by atoms with Crippen molar-refractivity contribution in [1.29, 1.82) is 0 Å². The first-order valence-electron chi connectivity index (χ1n) is 9.51. The van der Waals surface area contributed by atoms with Crippen molar-refractivity contribution < 1.29 is 23.5 Å². The van der Waals surface area contributed by atoms with Gasteiger partial charge < -0.3 is 9.47 Å². The Bertz CT molecular complexity index is 995. The van der Waals surface area contributed by atoms with E-state index in [9.17, 15) is 14.0 Å². The summed E-state index contributed by atoms with van der Waals surface area (Å²) in [4.78, 5) is 26.2. The van der Waals surface area contributed by atoms with Gasteiger partial charge in [0.25, 0.3) is 11.1 Å². The van der Waals surface area contributed by atoms with E-state index in [0.717, 1.165) is 11.8 Å². The minimum Gasteiger partial charge on any atom is -0.490 e. The highest BCUT2D eigenvalue weighted by molar-refractivity contribution is 9.10. The van der Waals surface area contributed by atoms with E-state index in [1.807, 2.05) is 13.8 Å². The maximum Gasteiger partial charge on any atom is 0.293 e. The van der Waals surface area contributed by atoms with Crippen molar-refractivity contribution in [1.82, 2.24) is 4.90 Å². The van der Waals surface area contributed by atoms with Crippen molar-refractivity contribution in [3.05, 3.63) is 62.7 Å². The summed E-state index contributed by atoms with van der Waals surface area (Å²) in [6, 6.07) is 9.69. The molecular formula is C22H21BrFNO4S. The topological polar surface area (TPSA) is 55.8 Å². The molecule has 30 heavy (non-hydrogen) atoms. The van der Waals surface area contributed by atoms with Gasteiger partial charge in [-0.3, -0.25) is 14.5 Å². The highest BCUT2D eigenvalue weighted by Crippen LogP contribution is 2.38. The van der Waals surface area contributed by atoms with Crippen molar-refractivity contribution >= 4 is 44.9 Å². The molecule has 0 saturated carbocycles. The molecule has 5 nitrogen and oxygen atoms in total. The van der Waals surface area contributed by atoms with Crippen LogP contribution < -0.4 is 9.47 Å². The van der Waals surface area contributed by atoms with Gasteiger partial charge in [0, 0.05) is 11.0 Å². The monoisotopic (exact) mass is 493 g/mol. The van der Waals surface area contributed by atoms with Gasteiger partial charge >= 0.3 is 0 Å². The molecule has 0 spiro atoms. The Kier molecular flexibility index (Phi) is 7.55. The van der Waals surface area contributed by atoms with E-state index in [1.165, 1.54) is 17.0 Å². The molecule has 1 saturated heterocycles. The van der Waals surface area contributed by atoms with E-state index in [4.69, 9.17) is 9.47 Å². The van der Waals surface area contributed by atoms with Crippen molar-refractivity contribution in [2.45, 2.75) is 26.9 Å². The number of carbonyl (C=O) groups excluding carboxylic acids is 2. The minimum atomic E-state index is -0.324. The van der Waals surface area contributed by atoms with Gasteiger partial charge in [-0.2, -0.15) is 0 Å². The number of thioether (sulfide) groups is 1. The lowest BCUT2D eigenvalue weighted by molar-refractivity contribution is -0.122. The van der Waals surface area contributed by atoms with Crippen molar-refractivity contribution in [2.24, 2.45) is 0 Å². The Labute approximate surface area is 187 Å². The van der Waals surface area contributed by atoms with Crippen LogP contribution >= 0.6 is 27.7 Å². The number of halogens is 2. The molecule has 1 aliphatic rings. The molecule has 3 rings (SSSR count). The van der Waals surface area contributed by atoms with E-state index in [1.54, 1.807) is 30.3 Å². The number of hydrogen-bond donors (Lipinski definition) is 0. The third-order valence-corrected chi connectivity index (χ3v) is 5.85. The van der Waals surface area contributed by atoms with Crippen LogP contribution in [-0.4, -0.2) is 29.2 Å². The first-order chi connectivity index (χ1) is 14.4. The fourth-order valence-corrected chi connectivity index (χ4v) is 4.18. The van der Waals surface area contributed by atoms with Crippen molar-refractivity contribution in [2.75, 3.05) is 13.2 Å². The Morgan fingerprint density at radius 3 is 2.60 bits per heavy atom. The zero-order chi connectivity index (χ0) is 21.7. The molecule has 0 N–H and O–H groups in total. The highest BCUT2D eigenvalue weighted by atomic mass is 79.9. The third-order valence-electron chi connectivity index (χ3n) is 4.25. The van der Waals surface area contributed by atoms with Crippen molar-refractivity contribution in [3.63, 3.8) is 0 Å². The molecule has 2 amide bonds. The lowest BCUT2D eigenvalue weighted by Gasteiger charge is -2.14. The van der Waals surface area contributed by atoms with Gasteiger partial charge in [0.05, 0.1) is 11.5 Å². The summed E-state index contributed by atoms with van der Waals surface area (Å²) in [5.74, 6) is 0.373. The molecule has 1 aliphatic heterocycles. The average Bonchev–Trinajstić information content (AvgIpc) is 2.97. The fraction of sp³-hybridized carbons (Fsp3) is 0.273. The van der Waals surface area contributed by atoms with Gasteiger partial charge in [-0.1, -0.05) is 35.0 Å². The second kappa shape index (κ2) is 10.1. The van der Waals surface area contributed by atoms with Crippen LogP contribution in [0.5, 0.6) is 11.5 Å². The maximum atomic E-state index is 13.4. The largest absolute Gasteiger partial charge is 0.490 e. The Morgan fingerprint density at radius 1 is 1.13 bits per heavy atom. The molecule has 0 aromatic heterocycles. The predicted molar refractivity (Wildman–Crippen MR) is 119 cm³/mol. The molecule has 1 heterocycles. The SMILES string of the molecule is CCCN1C(=O)S/C(=C/c2cc(OCC)c(OCc3cccc(F)c3)cc2Br)C1=O. The standard InChI is InChI=1S/C22H21BrFNO4S/c1-3-8-25-21(26)20(30-22(25)27)11-15-10-18(28-4-2)19(12-17(15)23)29-13-14-6-5-7-16(24)9-14/h5-7,9-12H,3-4,8,13H2,1-2H3/b20-11+. The van der Waals surface area contributed by atoms with Crippen LogP contribution in [0.4, 0.5) is 9.18 Å². The zero-order valence-electron chi connectivity index (χ0n) is 16.6. The number of rotatable bonds is 8. The summed E-state index contributed by atoms with van der Waals surface area (Å²) >= 11 is 4.43. The molecule has 0 atom stereocenters. The smallest absolute Gasteiger partial charge is 0.293 e. The molecule has 8 heteroatoms. The van der Waals surface area contributed by atoms with Crippen LogP contribution in [0.25, 0.3) is 6.08 Å². The van der Waals surface area contributed by atoms with Gasteiger partial charge in [-0.05, 0) is 66.6 Å². The first kappa shape index (κ1) is 22.4. The van der Waals surface area contributed by atoms with E-state index in [0.29, 0.717) is 51.6 Å². The number of hydrogen-bond acceptors (Lipinski definition) is 5. The number of ether oxygens (including phenoxy) is 2. The Balaban J connectivity index is 1.86. The van der Waals surface area contributed by atoms with Gasteiger partial charge in [0.15, 0.2) is 11.5 Å². The van der Waals surface area contributed by atoms with Crippen LogP contribution in [0.2, 0.25) is 0 Å². The summed E-state index contributed by atoms with van der Waals surface area (Å²) in [5, 5.41) is -0.260. The summed E-state index contributed by atoms with van der Waals surface area (Å²) in [7, 11) is 0. The second-order valence-corrected chi connectivity index (χ2v) is 8.35. The second-order valence-electron chi connectivity index (χ2n) is 6.51. The molecule has 0 bridgehead atoms. The molecular weight excluding hydrogens is 473 g/mol. The van der Waals surface area contributed by atoms with Crippen LogP contribution in [-0.2, 0) is 11.4 Å². The molecule has 1 fully saturated rings. The van der Waals surface area contributed by atoms with Crippen LogP contribution in [0.15, 0.2) is 45.8 Å². The fourth-order valence-electron chi connectivity index (χ4n) is 2.89. The molecule has 0 aliphatic carbocycles. The quantitative estimate of drug-likeness (QED) is 0.421. The summed E-state index contributed by atoms with van der Waals surface area (Å²) in [5.41, 5.74) is 1.39. The summed E-state index contributed by atoms with van der Waals surface area (Å²) in [6.07, 6.45) is 2.38. The van der Waals surface area contributed by atoms with E-state index in [2.05, 4.69) is 15.9 Å². The first-order valence-corrected chi connectivity index (χ1v) is 11.1. The van der Waals surface area contributed by atoms with Gasteiger partial charge in [0.1, 0.15) is 12.4 Å². The summed E-state index contributed by atoms with van der Waals surface area (Å²) in [6.45, 7) is 4.78. The lowest BCUT2D eigenvalue weighted by atomic mass is 10.1. The Hall–Kier alpha value is -2.32. The number of imide groups is 1. The minimum absolute atomic E-state index is 0.180. The number of benzene rings is 2. The zero-order valence-corrected chi connectivity index (χ0v) is 19.0. The van der Waals surface area contributed by atoms with Crippen LogP contribution in [0.3, 0.4) is 0 Å². The Morgan fingerprint density at radius 2 is 1.90 bits per heavy atom. The van der Waals surface area contributed by atoms with Gasteiger partial charge in [0.2, 0.25) is 0 Å². The van der Waals surface area contributed by atoms with Crippen molar-refractivity contribution in [3.8, 4) is 11.5 Å². The van der Waals surface area contributed by atoms with Crippen LogP contribution in [0.1, 0.15) is 31.4 Å². The third kappa shape index (κ3) is 5.23. The maximum absolute atomic E-state index is 13.4. The number of carbonyl (C=O) groups is 2. The highest BCUT2D eigenvalue weighted by Gasteiger charge is 2.34. The molecule has 2 aromatic rings. The normalized spacial score (nSPS) is 15.2. The van der Waals surface area contributed by atoms with E-state index >= 15 is 0 Å². The molecule has 158 valence electrons. The molecule has 2 aromatic carbocycles. The number of amides is 2. The van der Waals surface area contributed by atoms with Gasteiger partial charge in [-0.15, -0.1) is 0 Å². The van der Waals surface area contributed by atoms with Gasteiger partial charge in [-0.25, -0.2) is 4.39 Å². The lowest BCUT2D eigenvalue weighted by Crippen LogP contribution is -2.28.